The normalized spacial score (nSPS) is 10.4. The van der Waals surface area contributed by atoms with Gasteiger partial charge in [-0.25, -0.2) is 0 Å². The SMILES string of the molecule is CCCSc1c(N)ccc(CC)c1N. The first-order valence-electron chi connectivity index (χ1n) is 5.00. The molecule has 4 N–H and O–H groups in total. The van der Waals surface area contributed by atoms with E-state index in [0.717, 1.165) is 34.9 Å². The van der Waals surface area contributed by atoms with Gasteiger partial charge in [0.25, 0.3) is 0 Å². The van der Waals surface area contributed by atoms with E-state index in [1.807, 2.05) is 12.1 Å². The van der Waals surface area contributed by atoms with E-state index in [1.165, 1.54) is 5.56 Å². The number of nitrogen functional groups attached to an aromatic ring is 2. The minimum Gasteiger partial charge on any atom is -0.398 e. The largest absolute Gasteiger partial charge is 0.398 e. The van der Waals surface area contributed by atoms with E-state index in [1.54, 1.807) is 11.8 Å². The summed E-state index contributed by atoms with van der Waals surface area (Å²) in [6.07, 6.45) is 2.10. The van der Waals surface area contributed by atoms with E-state index in [0.29, 0.717) is 0 Å². The fourth-order valence-electron chi connectivity index (χ4n) is 1.33. The lowest BCUT2D eigenvalue weighted by molar-refractivity contribution is 1.10. The van der Waals surface area contributed by atoms with Gasteiger partial charge in [0.05, 0.1) is 10.6 Å². The summed E-state index contributed by atoms with van der Waals surface area (Å²) in [6, 6.07) is 3.97. The van der Waals surface area contributed by atoms with E-state index >= 15 is 0 Å². The molecular formula is C11H18N2S. The number of anilines is 2. The maximum absolute atomic E-state index is 6.03. The number of aryl methyl sites for hydroxylation is 1. The third-order valence-electron chi connectivity index (χ3n) is 2.15. The molecule has 0 spiro atoms. The first kappa shape index (κ1) is 11.2. The number of thioether (sulfide) groups is 1. The van der Waals surface area contributed by atoms with Crippen molar-refractivity contribution in [1.82, 2.24) is 0 Å². The molecule has 1 aromatic rings. The van der Waals surface area contributed by atoms with Crippen molar-refractivity contribution in [2.24, 2.45) is 0 Å². The van der Waals surface area contributed by atoms with Crippen molar-refractivity contribution in [3.8, 4) is 0 Å². The van der Waals surface area contributed by atoms with Crippen LogP contribution in [0.4, 0.5) is 11.4 Å². The molecule has 0 saturated heterocycles. The first-order valence-corrected chi connectivity index (χ1v) is 5.98. The zero-order valence-corrected chi connectivity index (χ0v) is 9.66. The van der Waals surface area contributed by atoms with Gasteiger partial charge in [0, 0.05) is 5.69 Å². The molecule has 3 heteroatoms. The van der Waals surface area contributed by atoms with Crippen molar-refractivity contribution in [3.63, 3.8) is 0 Å². The topological polar surface area (TPSA) is 52.0 Å². The average molecular weight is 210 g/mol. The second-order valence-corrected chi connectivity index (χ2v) is 4.36. The number of hydrogen-bond acceptors (Lipinski definition) is 3. The van der Waals surface area contributed by atoms with Crippen molar-refractivity contribution in [3.05, 3.63) is 17.7 Å². The lowest BCUT2D eigenvalue weighted by Gasteiger charge is -2.11. The molecule has 0 radical (unpaired) electrons. The number of benzene rings is 1. The molecule has 0 aliphatic heterocycles. The van der Waals surface area contributed by atoms with Crippen LogP contribution in [0.2, 0.25) is 0 Å². The van der Waals surface area contributed by atoms with Gasteiger partial charge >= 0.3 is 0 Å². The average Bonchev–Trinajstić information content (AvgIpc) is 2.18. The van der Waals surface area contributed by atoms with Crippen LogP contribution in [0.25, 0.3) is 0 Å². The van der Waals surface area contributed by atoms with Crippen molar-refractivity contribution in [1.29, 1.82) is 0 Å². The van der Waals surface area contributed by atoms with E-state index in [4.69, 9.17) is 11.5 Å². The molecular weight excluding hydrogens is 192 g/mol. The second kappa shape index (κ2) is 5.15. The Balaban J connectivity index is 2.99. The molecule has 0 aliphatic rings. The summed E-state index contributed by atoms with van der Waals surface area (Å²) >= 11 is 1.75. The minimum absolute atomic E-state index is 0.804. The molecule has 14 heavy (non-hydrogen) atoms. The maximum Gasteiger partial charge on any atom is 0.0535 e. The van der Waals surface area contributed by atoms with E-state index in [2.05, 4.69) is 13.8 Å². The summed E-state index contributed by atoms with van der Waals surface area (Å²) < 4.78 is 0. The molecule has 1 aromatic carbocycles. The summed E-state index contributed by atoms with van der Waals surface area (Å²) in [4.78, 5) is 1.06. The zero-order chi connectivity index (χ0) is 10.6. The summed E-state index contributed by atoms with van der Waals surface area (Å²) in [7, 11) is 0. The predicted molar refractivity (Wildman–Crippen MR) is 65.7 cm³/mol. The Morgan fingerprint density at radius 2 is 1.93 bits per heavy atom. The fourth-order valence-corrected chi connectivity index (χ4v) is 2.26. The summed E-state index contributed by atoms with van der Waals surface area (Å²) in [5, 5.41) is 0. The standard InChI is InChI=1S/C11H18N2S/c1-3-7-14-11-9(12)6-5-8(4-2)10(11)13/h5-6H,3-4,7,12-13H2,1-2H3. The van der Waals surface area contributed by atoms with E-state index in [-0.39, 0.29) is 0 Å². The van der Waals surface area contributed by atoms with Gasteiger partial charge in [0.15, 0.2) is 0 Å². The van der Waals surface area contributed by atoms with Gasteiger partial charge in [-0.05, 0) is 30.2 Å². The van der Waals surface area contributed by atoms with E-state index < -0.39 is 0 Å². The molecule has 0 fully saturated rings. The molecule has 0 saturated carbocycles. The molecule has 0 unspecified atom stereocenters. The lowest BCUT2D eigenvalue weighted by Crippen LogP contribution is -1.99. The van der Waals surface area contributed by atoms with Gasteiger partial charge in [-0.3, -0.25) is 0 Å². The number of hydrogen-bond donors (Lipinski definition) is 2. The quantitative estimate of drug-likeness (QED) is 0.593. The van der Waals surface area contributed by atoms with Crippen LogP contribution in [0.5, 0.6) is 0 Å². The molecule has 2 nitrogen and oxygen atoms in total. The second-order valence-electron chi connectivity index (χ2n) is 3.26. The Kier molecular flexibility index (Phi) is 4.14. The smallest absolute Gasteiger partial charge is 0.0535 e. The molecule has 78 valence electrons. The third-order valence-corrected chi connectivity index (χ3v) is 3.50. The fraction of sp³-hybridized carbons (Fsp3) is 0.455. The van der Waals surface area contributed by atoms with Crippen LogP contribution in [0.1, 0.15) is 25.8 Å². The van der Waals surface area contributed by atoms with Crippen LogP contribution in [0, 0.1) is 0 Å². The Morgan fingerprint density at radius 1 is 1.21 bits per heavy atom. The molecule has 1 rings (SSSR count). The van der Waals surface area contributed by atoms with Gasteiger partial charge < -0.3 is 11.5 Å². The zero-order valence-electron chi connectivity index (χ0n) is 8.84. The monoisotopic (exact) mass is 210 g/mol. The predicted octanol–water partition coefficient (Wildman–Crippen LogP) is 2.92. The highest BCUT2D eigenvalue weighted by molar-refractivity contribution is 7.99. The van der Waals surface area contributed by atoms with Gasteiger partial charge in [0.2, 0.25) is 0 Å². The van der Waals surface area contributed by atoms with E-state index in [9.17, 15) is 0 Å². The van der Waals surface area contributed by atoms with Gasteiger partial charge in [-0.2, -0.15) is 0 Å². The highest BCUT2D eigenvalue weighted by atomic mass is 32.2. The number of nitrogens with two attached hydrogens (primary N) is 2. The highest BCUT2D eigenvalue weighted by Gasteiger charge is 2.07. The van der Waals surface area contributed by atoms with Crippen LogP contribution in [-0.2, 0) is 6.42 Å². The van der Waals surface area contributed by atoms with Crippen LogP contribution in [-0.4, -0.2) is 5.75 Å². The summed E-state index contributed by atoms with van der Waals surface area (Å²) in [6.45, 7) is 4.26. The molecule has 0 atom stereocenters. The first-order chi connectivity index (χ1) is 6.70. The van der Waals surface area contributed by atoms with Crippen molar-refractivity contribution >= 4 is 23.1 Å². The van der Waals surface area contributed by atoms with Crippen LogP contribution in [0.15, 0.2) is 17.0 Å². The van der Waals surface area contributed by atoms with Crippen LogP contribution >= 0.6 is 11.8 Å². The van der Waals surface area contributed by atoms with Crippen LogP contribution in [0.3, 0.4) is 0 Å². The van der Waals surface area contributed by atoms with Crippen molar-refractivity contribution < 1.29 is 0 Å². The van der Waals surface area contributed by atoms with Gasteiger partial charge in [-0.1, -0.05) is 19.9 Å². The van der Waals surface area contributed by atoms with Gasteiger partial charge in [-0.15, -0.1) is 11.8 Å². The summed E-state index contributed by atoms with van der Waals surface area (Å²) in [5.41, 5.74) is 14.8. The summed E-state index contributed by atoms with van der Waals surface area (Å²) in [5.74, 6) is 1.07. The van der Waals surface area contributed by atoms with Crippen molar-refractivity contribution in [2.45, 2.75) is 31.6 Å². The maximum atomic E-state index is 6.03. The Morgan fingerprint density at radius 3 is 2.50 bits per heavy atom. The third kappa shape index (κ3) is 2.35. The highest BCUT2D eigenvalue weighted by Crippen LogP contribution is 2.33. The Bertz CT molecular complexity index is 310. The van der Waals surface area contributed by atoms with Crippen LogP contribution < -0.4 is 11.5 Å². The number of rotatable bonds is 4. The van der Waals surface area contributed by atoms with Crippen molar-refractivity contribution in [2.75, 3.05) is 17.2 Å². The molecule has 0 aromatic heterocycles. The Hall–Kier alpha value is -0.830. The molecule has 0 bridgehead atoms. The molecule has 0 aliphatic carbocycles. The minimum atomic E-state index is 0.804. The molecule has 0 heterocycles. The Labute approximate surface area is 90.1 Å². The van der Waals surface area contributed by atoms with Gasteiger partial charge in [0.1, 0.15) is 0 Å². The lowest BCUT2D eigenvalue weighted by atomic mass is 10.1. The molecule has 0 amide bonds.